The second kappa shape index (κ2) is 3.31. The Morgan fingerprint density at radius 2 is 2.15 bits per heavy atom. The summed E-state index contributed by atoms with van der Waals surface area (Å²) in [6.45, 7) is 2.04. The number of fused-ring (bicyclic) bond motifs is 1. The van der Waals surface area contributed by atoms with Gasteiger partial charge in [-0.15, -0.1) is 11.3 Å². The van der Waals surface area contributed by atoms with Gasteiger partial charge in [-0.3, -0.25) is 0 Å². The summed E-state index contributed by atoms with van der Waals surface area (Å²) in [6.07, 6.45) is 0. The van der Waals surface area contributed by atoms with Gasteiger partial charge < -0.3 is 5.73 Å². The number of hydrogen-bond acceptors (Lipinski definition) is 2. The molecule has 68 valence electrons. The van der Waals surface area contributed by atoms with E-state index in [1.807, 2.05) is 6.92 Å². The molecule has 0 fully saturated rings. The Kier molecular flexibility index (Phi) is 2.30. The van der Waals surface area contributed by atoms with Crippen LogP contribution in [-0.4, -0.2) is 0 Å². The molecule has 2 aromatic rings. The van der Waals surface area contributed by atoms with E-state index in [2.05, 4.69) is 34.1 Å². The highest BCUT2D eigenvalue weighted by Crippen LogP contribution is 2.30. The van der Waals surface area contributed by atoms with E-state index in [9.17, 15) is 0 Å². The first-order valence-corrected chi connectivity index (χ1v) is 5.99. The minimum Gasteiger partial charge on any atom is -0.398 e. The molecule has 0 saturated carbocycles. The summed E-state index contributed by atoms with van der Waals surface area (Å²) in [5.41, 5.74) is 7.87. The number of rotatable bonds is 1. The summed E-state index contributed by atoms with van der Waals surface area (Å²) < 4.78 is 1.28. The van der Waals surface area contributed by atoms with E-state index in [4.69, 9.17) is 5.73 Å². The quantitative estimate of drug-likeness (QED) is 0.611. The Hall–Kier alpha value is -0.540. The van der Waals surface area contributed by atoms with Gasteiger partial charge in [-0.1, -0.05) is 15.9 Å². The zero-order valence-electron chi connectivity index (χ0n) is 7.30. The van der Waals surface area contributed by atoms with Crippen LogP contribution in [0.15, 0.2) is 18.2 Å². The number of halogens is 1. The van der Waals surface area contributed by atoms with Gasteiger partial charge in [0, 0.05) is 20.6 Å². The lowest BCUT2D eigenvalue weighted by Gasteiger charge is -1.98. The van der Waals surface area contributed by atoms with Crippen LogP contribution >= 0.6 is 27.3 Å². The van der Waals surface area contributed by atoms with Crippen molar-refractivity contribution in [2.45, 2.75) is 12.3 Å². The normalized spacial score (nSPS) is 10.9. The summed E-state index contributed by atoms with van der Waals surface area (Å²) in [6, 6.07) is 6.41. The minimum absolute atomic E-state index is 0.885. The number of anilines is 1. The van der Waals surface area contributed by atoms with E-state index in [0.29, 0.717) is 0 Å². The summed E-state index contributed by atoms with van der Waals surface area (Å²) in [5.74, 6) is 0. The first-order chi connectivity index (χ1) is 6.20. The van der Waals surface area contributed by atoms with Gasteiger partial charge >= 0.3 is 0 Å². The largest absolute Gasteiger partial charge is 0.398 e. The third kappa shape index (κ3) is 1.58. The molecule has 2 rings (SSSR count). The Labute approximate surface area is 89.7 Å². The molecule has 0 spiro atoms. The van der Waals surface area contributed by atoms with Crippen LogP contribution in [0.2, 0.25) is 0 Å². The van der Waals surface area contributed by atoms with Gasteiger partial charge in [-0.2, -0.15) is 0 Å². The van der Waals surface area contributed by atoms with Crippen molar-refractivity contribution in [2.24, 2.45) is 0 Å². The Morgan fingerprint density at radius 1 is 1.38 bits per heavy atom. The average molecular weight is 256 g/mol. The van der Waals surface area contributed by atoms with Crippen molar-refractivity contribution >= 4 is 43.0 Å². The second-order valence-corrected chi connectivity index (χ2v) is 4.82. The van der Waals surface area contributed by atoms with Gasteiger partial charge in [0.15, 0.2) is 0 Å². The lowest BCUT2D eigenvalue weighted by atomic mass is 10.1. The highest BCUT2D eigenvalue weighted by molar-refractivity contribution is 9.08. The molecule has 1 aromatic heterocycles. The average Bonchev–Trinajstić information content (AvgIpc) is 2.48. The van der Waals surface area contributed by atoms with Crippen molar-refractivity contribution in [1.29, 1.82) is 0 Å². The molecule has 0 amide bonds. The predicted octanol–water partition coefficient (Wildman–Crippen LogP) is 3.69. The van der Waals surface area contributed by atoms with E-state index in [1.165, 1.54) is 15.0 Å². The molecule has 2 N–H and O–H groups in total. The van der Waals surface area contributed by atoms with E-state index in [0.717, 1.165) is 16.6 Å². The van der Waals surface area contributed by atoms with Crippen LogP contribution in [0.25, 0.3) is 10.1 Å². The molecule has 13 heavy (non-hydrogen) atoms. The molecular weight excluding hydrogens is 246 g/mol. The number of alkyl halides is 1. The molecule has 0 unspecified atom stereocenters. The van der Waals surface area contributed by atoms with Crippen molar-refractivity contribution in [3.8, 4) is 0 Å². The molecule has 0 saturated heterocycles. The fourth-order valence-electron chi connectivity index (χ4n) is 1.34. The van der Waals surface area contributed by atoms with Gasteiger partial charge in [0.25, 0.3) is 0 Å². The molecule has 1 heterocycles. The molecular formula is C10H10BrNS. The maximum absolute atomic E-state index is 5.83. The first-order valence-electron chi connectivity index (χ1n) is 4.05. The maximum Gasteiger partial charge on any atom is 0.0377 e. The molecule has 1 nitrogen and oxygen atoms in total. The molecule has 0 aliphatic heterocycles. The molecule has 3 heteroatoms. The van der Waals surface area contributed by atoms with Crippen molar-refractivity contribution in [3.05, 3.63) is 28.6 Å². The lowest BCUT2D eigenvalue weighted by Crippen LogP contribution is -1.87. The molecule has 1 aromatic carbocycles. The van der Waals surface area contributed by atoms with Crippen LogP contribution in [0.3, 0.4) is 0 Å². The van der Waals surface area contributed by atoms with Crippen LogP contribution in [0, 0.1) is 6.92 Å². The van der Waals surface area contributed by atoms with Gasteiger partial charge in [-0.25, -0.2) is 0 Å². The number of benzene rings is 1. The Balaban J connectivity index is 2.70. The lowest BCUT2D eigenvalue weighted by molar-refractivity contribution is 1.51. The molecule has 0 atom stereocenters. The monoisotopic (exact) mass is 255 g/mol. The minimum atomic E-state index is 0.885. The molecule has 0 bridgehead atoms. The SMILES string of the molecule is Cc1cc2cc(CBr)sc2cc1N. The van der Waals surface area contributed by atoms with E-state index >= 15 is 0 Å². The third-order valence-corrected chi connectivity index (χ3v) is 4.16. The van der Waals surface area contributed by atoms with Crippen LogP contribution in [-0.2, 0) is 5.33 Å². The van der Waals surface area contributed by atoms with Crippen molar-refractivity contribution in [2.75, 3.05) is 5.73 Å². The first kappa shape index (κ1) is 9.03. The highest BCUT2D eigenvalue weighted by Gasteiger charge is 2.02. The van der Waals surface area contributed by atoms with Crippen LogP contribution < -0.4 is 5.73 Å². The Bertz CT molecular complexity index is 408. The zero-order valence-corrected chi connectivity index (χ0v) is 9.71. The summed E-state index contributed by atoms with van der Waals surface area (Å²) in [5, 5.41) is 2.22. The molecule has 0 radical (unpaired) electrons. The molecule has 0 aliphatic rings. The van der Waals surface area contributed by atoms with Crippen LogP contribution in [0.5, 0.6) is 0 Å². The number of nitrogen functional groups attached to an aromatic ring is 1. The standard InChI is InChI=1S/C10H10BrNS/c1-6-2-7-3-8(5-11)13-10(7)4-9(6)12/h2-4H,5,12H2,1H3. The van der Waals surface area contributed by atoms with Gasteiger partial charge in [0.1, 0.15) is 0 Å². The maximum atomic E-state index is 5.83. The van der Waals surface area contributed by atoms with Crippen LogP contribution in [0.1, 0.15) is 10.4 Å². The van der Waals surface area contributed by atoms with Gasteiger partial charge in [0.2, 0.25) is 0 Å². The van der Waals surface area contributed by atoms with Gasteiger partial charge in [0.05, 0.1) is 0 Å². The van der Waals surface area contributed by atoms with Crippen molar-refractivity contribution in [1.82, 2.24) is 0 Å². The zero-order chi connectivity index (χ0) is 9.42. The fraction of sp³-hybridized carbons (Fsp3) is 0.200. The van der Waals surface area contributed by atoms with Crippen molar-refractivity contribution < 1.29 is 0 Å². The van der Waals surface area contributed by atoms with E-state index in [1.54, 1.807) is 11.3 Å². The predicted molar refractivity (Wildman–Crippen MR) is 63.6 cm³/mol. The number of hydrogen-bond donors (Lipinski definition) is 1. The van der Waals surface area contributed by atoms with E-state index in [-0.39, 0.29) is 0 Å². The third-order valence-electron chi connectivity index (χ3n) is 2.09. The summed E-state index contributed by atoms with van der Waals surface area (Å²) >= 11 is 5.25. The smallest absolute Gasteiger partial charge is 0.0377 e. The fourth-order valence-corrected chi connectivity index (χ4v) is 2.79. The van der Waals surface area contributed by atoms with Crippen molar-refractivity contribution in [3.63, 3.8) is 0 Å². The second-order valence-electron chi connectivity index (χ2n) is 3.09. The van der Waals surface area contributed by atoms with Crippen LogP contribution in [0.4, 0.5) is 5.69 Å². The van der Waals surface area contributed by atoms with Gasteiger partial charge in [-0.05, 0) is 36.1 Å². The topological polar surface area (TPSA) is 26.0 Å². The Morgan fingerprint density at radius 3 is 2.85 bits per heavy atom. The molecule has 0 aliphatic carbocycles. The highest BCUT2D eigenvalue weighted by atomic mass is 79.9. The number of aryl methyl sites for hydroxylation is 1. The summed E-state index contributed by atoms with van der Waals surface area (Å²) in [4.78, 5) is 1.35. The number of nitrogens with two attached hydrogens (primary N) is 1. The number of thiophene rings is 1. The summed E-state index contributed by atoms with van der Waals surface area (Å²) in [7, 11) is 0. The van der Waals surface area contributed by atoms with E-state index < -0.39 is 0 Å².